The van der Waals surface area contributed by atoms with Crippen LogP contribution < -0.4 is 0 Å². The Bertz CT molecular complexity index is 783. The molecule has 1 fully saturated rings. The molecule has 2 aliphatic carbocycles. The zero-order chi connectivity index (χ0) is 18.2. The predicted octanol–water partition coefficient (Wildman–Crippen LogP) is 3.40. The molecule has 1 N–H and O–H groups in total. The standard InChI is InChI=1S/C19H24N2O4/c1-19(2)9-15(24)18-12(21-25-16(18)10-19)7-8-14(23)17-11(20-3)5-4-6-13(17)22/h23H,4-10H2,1-3H3. The van der Waals surface area contributed by atoms with Crippen LogP contribution >= 0.6 is 0 Å². The molecule has 1 aromatic heterocycles. The fourth-order valence-corrected chi connectivity index (χ4v) is 3.73. The highest BCUT2D eigenvalue weighted by Crippen LogP contribution is 2.36. The van der Waals surface area contributed by atoms with Crippen LogP contribution in [0, 0.1) is 5.41 Å². The average Bonchev–Trinajstić information content (AvgIpc) is 2.93. The van der Waals surface area contributed by atoms with Crippen molar-refractivity contribution in [1.82, 2.24) is 5.16 Å². The van der Waals surface area contributed by atoms with Gasteiger partial charge in [0, 0.05) is 44.9 Å². The van der Waals surface area contributed by atoms with Gasteiger partial charge in [0.2, 0.25) is 0 Å². The minimum atomic E-state index is -0.119. The highest BCUT2D eigenvalue weighted by atomic mass is 16.5. The van der Waals surface area contributed by atoms with Gasteiger partial charge in [-0.3, -0.25) is 14.6 Å². The van der Waals surface area contributed by atoms with E-state index < -0.39 is 0 Å². The van der Waals surface area contributed by atoms with E-state index in [4.69, 9.17) is 4.52 Å². The first-order valence-electron chi connectivity index (χ1n) is 8.74. The number of aliphatic imine (C=N–C) groups is 1. The van der Waals surface area contributed by atoms with Crippen molar-refractivity contribution in [2.24, 2.45) is 10.4 Å². The van der Waals surface area contributed by atoms with Gasteiger partial charge >= 0.3 is 0 Å². The molecule has 0 spiro atoms. The molecule has 0 saturated heterocycles. The fraction of sp³-hybridized carbons (Fsp3) is 0.579. The van der Waals surface area contributed by atoms with E-state index in [1.165, 1.54) is 0 Å². The maximum absolute atomic E-state index is 12.4. The maximum atomic E-state index is 12.4. The molecule has 1 aromatic rings. The molecule has 0 aliphatic heterocycles. The van der Waals surface area contributed by atoms with Crippen molar-refractivity contribution in [3.8, 4) is 0 Å². The third-order valence-electron chi connectivity index (χ3n) is 4.93. The number of fused-ring (bicyclic) bond motifs is 1. The Balaban J connectivity index is 1.81. The first-order chi connectivity index (χ1) is 11.8. The quantitative estimate of drug-likeness (QED) is 0.670. The number of hydrogen-bond donors (Lipinski definition) is 1. The van der Waals surface area contributed by atoms with Gasteiger partial charge in [0.05, 0.1) is 16.8 Å². The topological polar surface area (TPSA) is 92.8 Å². The molecule has 0 aromatic carbocycles. The summed E-state index contributed by atoms with van der Waals surface area (Å²) in [5.41, 5.74) is 2.02. The second-order valence-corrected chi connectivity index (χ2v) is 7.64. The normalized spacial score (nSPS) is 23.7. The van der Waals surface area contributed by atoms with E-state index in [1.54, 1.807) is 7.05 Å². The average molecular weight is 344 g/mol. The van der Waals surface area contributed by atoms with E-state index in [1.807, 2.05) is 13.8 Å². The van der Waals surface area contributed by atoms with Gasteiger partial charge in [-0.2, -0.15) is 0 Å². The zero-order valence-corrected chi connectivity index (χ0v) is 15.0. The van der Waals surface area contributed by atoms with Gasteiger partial charge in [0.1, 0.15) is 11.5 Å². The van der Waals surface area contributed by atoms with Crippen molar-refractivity contribution in [2.75, 3.05) is 7.05 Å². The molecule has 134 valence electrons. The lowest BCUT2D eigenvalue weighted by Gasteiger charge is -2.26. The van der Waals surface area contributed by atoms with Gasteiger partial charge in [-0.05, 0) is 18.3 Å². The van der Waals surface area contributed by atoms with Gasteiger partial charge in [0.25, 0.3) is 0 Å². The lowest BCUT2D eigenvalue weighted by molar-refractivity contribution is -0.115. The number of carbonyl (C=O) groups excluding carboxylic acids is 2. The number of rotatable bonds is 3. The molecule has 0 atom stereocenters. The number of Topliss-reactive ketones (excluding diaryl/α,β-unsaturated/α-hetero) is 2. The van der Waals surface area contributed by atoms with Crippen LogP contribution in [0.1, 0.15) is 67.8 Å². The number of nitrogens with zero attached hydrogens (tertiary/aromatic N) is 2. The third-order valence-corrected chi connectivity index (χ3v) is 4.93. The number of ketones is 2. The fourth-order valence-electron chi connectivity index (χ4n) is 3.73. The van der Waals surface area contributed by atoms with Crippen LogP contribution in [0.15, 0.2) is 20.8 Å². The molecule has 3 rings (SSSR count). The Morgan fingerprint density at radius 1 is 1.24 bits per heavy atom. The summed E-state index contributed by atoms with van der Waals surface area (Å²) in [5, 5.41) is 14.5. The highest BCUT2D eigenvalue weighted by Gasteiger charge is 2.36. The van der Waals surface area contributed by atoms with Crippen molar-refractivity contribution < 1.29 is 19.2 Å². The van der Waals surface area contributed by atoms with Crippen LogP contribution in [0.3, 0.4) is 0 Å². The largest absolute Gasteiger partial charge is 0.511 e. The molecule has 0 amide bonds. The molecule has 2 aliphatic rings. The number of carbonyl (C=O) groups is 2. The van der Waals surface area contributed by atoms with E-state index in [9.17, 15) is 14.7 Å². The molecule has 0 unspecified atom stereocenters. The summed E-state index contributed by atoms with van der Waals surface area (Å²) in [5.74, 6) is 0.641. The minimum absolute atomic E-state index is 0.0330. The van der Waals surface area contributed by atoms with Crippen LogP contribution in [0.2, 0.25) is 0 Å². The molecular weight excluding hydrogens is 320 g/mol. The van der Waals surface area contributed by atoms with E-state index >= 15 is 0 Å². The van der Waals surface area contributed by atoms with Gasteiger partial charge in [0.15, 0.2) is 11.6 Å². The Morgan fingerprint density at radius 3 is 2.72 bits per heavy atom. The van der Waals surface area contributed by atoms with Crippen molar-refractivity contribution >= 4 is 17.3 Å². The predicted molar refractivity (Wildman–Crippen MR) is 93.1 cm³/mol. The van der Waals surface area contributed by atoms with Gasteiger partial charge in [-0.1, -0.05) is 19.0 Å². The smallest absolute Gasteiger partial charge is 0.168 e. The van der Waals surface area contributed by atoms with Crippen LogP contribution in [0.25, 0.3) is 0 Å². The van der Waals surface area contributed by atoms with Crippen LogP contribution in [0.5, 0.6) is 0 Å². The second-order valence-electron chi connectivity index (χ2n) is 7.64. The number of aromatic nitrogens is 1. The third kappa shape index (κ3) is 3.43. The SMILES string of the molecule is CN=C1CCCC(=O)C1=C(O)CCc1noc2c1C(=O)CC(C)(C)C2. The lowest BCUT2D eigenvalue weighted by atomic mass is 9.76. The first kappa shape index (κ1) is 17.6. The van der Waals surface area contributed by atoms with Crippen molar-refractivity contribution in [3.05, 3.63) is 28.3 Å². The summed E-state index contributed by atoms with van der Waals surface area (Å²) in [4.78, 5) is 28.7. The molecule has 25 heavy (non-hydrogen) atoms. The Kier molecular flexibility index (Phi) is 4.62. The van der Waals surface area contributed by atoms with E-state index in [0.717, 1.165) is 6.42 Å². The molecule has 0 radical (unpaired) electrons. The summed E-state index contributed by atoms with van der Waals surface area (Å²) in [6, 6.07) is 0. The van der Waals surface area contributed by atoms with E-state index in [-0.39, 0.29) is 29.2 Å². The summed E-state index contributed by atoms with van der Waals surface area (Å²) < 4.78 is 5.38. The number of allylic oxidation sites excluding steroid dienone is 2. The van der Waals surface area contributed by atoms with E-state index in [0.29, 0.717) is 60.4 Å². The van der Waals surface area contributed by atoms with Gasteiger partial charge < -0.3 is 9.63 Å². The van der Waals surface area contributed by atoms with Crippen molar-refractivity contribution in [1.29, 1.82) is 0 Å². The zero-order valence-electron chi connectivity index (χ0n) is 15.0. The summed E-state index contributed by atoms with van der Waals surface area (Å²) >= 11 is 0. The van der Waals surface area contributed by atoms with Crippen LogP contribution in [-0.4, -0.2) is 34.6 Å². The number of aliphatic hydroxyl groups is 1. The van der Waals surface area contributed by atoms with Gasteiger partial charge in [-0.25, -0.2) is 0 Å². The monoisotopic (exact) mass is 344 g/mol. The number of aliphatic hydroxyl groups excluding tert-OH is 1. The van der Waals surface area contributed by atoms with Crippen LogP contribution in [-0.2, 0) is 17.6 Å². The number of hydrogen-bond acceptors (Lipinski definition) is 6. The number of aryl methyl sites for hydroxylation is 1. The summed E-state index contributed by atoms with van der Waals surface area (Å²) in [6.45, 7) is 4.07. The van der Waals surface area contributed by atoms with Crippen molar-refractivity contribution in [3.63, 3.8) is 0 Å². The summed E-state index contributed by atoms with van der Waals surface area (Å²) in [6.07, 6.45) is 3.66. The molecular formula is C19H24N2O4. The highest BCUT2D eigenvalue weighted by molar-refractivity contribution is 6.24. The van der Waals surface area contributed by atoms with Crippen molar-refractivity contribution in [2.45, 2.75) is 58.8 Å². The lowest BCUT2D eigenvalue weighted by Crippen LogP contribution is -2.26. The first-order valence-corrected chi connectivity index (χ1v) is 8.74. The molecule has 0 bridgehead atoms. The van der Waals surface area contributed by atoms with E-state index in [2.05, 4.69) is 10.1 Å². The maximum Gasteiger partial charge on any atom is 0.168 e. The Labute approximate surface area is 147 Å². The molecule has 6 heteroatoms. The second kappa shape index (κ2) is 6.58. The molecule has 1 saturated carbocycles. The molecule has 6 nitrogen and oxygen atoms in total. The Hall–Kier alpha value is -2.24. The molecule has 1 heterocycles. The minimum Gasteiger partial charge on any atom is -0.511 e. The van der Waals surface area contributed by atoms with Crippen LogP contribution in [0.4, 0.5) is 0 Å². The Morgan fingerprint density at radius 2 is 2.00 bits per heavy atom. The summed E-state index contributed by atoms with van der Waals surface area (Å²) in [7, 11) is 1.63. The van der Waals surface area contributed by atoms with Gasteiger partial charge in [-0.15, -0.1) is 0 Å².